The summed E-state index contributed by atoms with van der Waals surface area (Å²) >= 11 is 6.08. The summed E-state index contributed by atoms with van der Waals surface area (Å²) in [4.78, 5) is 12.7. The van der Waals surface area contributed by atoms with Gasteiger partial charge < -0.3 is 14.8 Å². The first kappa shape index (κ1) is 18.8. The van der Waals surface area contributed by atoms with Crippen molar-refractivity contribution in [1.82, 2.24) is 5.32 Å². The molecular formula is C22H20ClNO3. The number of rotatable bonds is 7. The van der Waals surface area contributed by atoms with Gasteiger partial charge in [-0.2, -0.15) is 0 Å². The van der Waals surface area contributed by atoms with E-state index in [0.717, 1.165) is 16.9 Å². The number of hydrogen-bond acceptors (Lipinski definition) is 3. The summed E-state index contributed by atoms with van der Waals surface area (Å²) in [6, 6.07) is 22.4. The summed E-state index contributed by atoms with van der Waals surface area (Å²) in [5.41, 5.74) is 2.40. The van der Waals surface area contributed by atoms with Gasteiger partial charge in [-0.15, -0.1) is 0 Å². The lowest BCUT2D eigenvalue weighted by Crippen LogP contribution is -2.23. The third kappa shape index (κ3) is 5.25. The zero-order chi connectivity index (χ0) is 19.1. The molecule has 138 valence electrons. The van der Waals surface area contributed by atoms with Gasteiger partial charge in [-0.3, -0.25) is 4.79 Å². The summed E-state index contributed by atoms with van der Waals surface area (Å²) in [7, 11) is 1.62. The molecule has 0 aliphatic heterocycles. The quantitative estimate of drug-likeness (QED) is 0.636. The van der Waals surface area contributed by atoms with E-state index in [1.165, 1.54) is 0 Å². The Kier molecular flexibility index (Phi) is 6.34. The molecule has 0 atom stereocenters. The highest BCUT2D eigenvalue weighted by Crippen LogP contribution is 2.24. The Bertz CT molecular complexity index is 895. The first-order chi connectivity index (χ1) is 13.2. The average Bonchev–Trinajstić information content (AvgIpc) is 2.72. The predicted molar refractivity (Wildman–Crippen MR) is 106 cm³/mol. The number of hydrogen-bond donors (Lipinski definition) is 1. The molecule has 4 nitrogen and oxygen atoms in total. The van der Waals surface area contributed by atoms with Crippen molar-refractivity contribution in [2.75, 3.05) is 7.11 Å². The van der Waals surface area contributed by atoms with Crippen molar-refractivity contribution in [1.29, 1.82) is 0 Å². The van der Waals surface area contributed by atoms with E-state index in [9.17, 15) is 4.79 Å². The second-order valence-electron chi connectivity index (χ2n) is 5.95. The molecule has 0 saturated heterocycles. The molecule has 0 fully saturated rings. The van der Waals surface area contributed by atoms with Gasteiger partial charge in [0.2, 0.25) is 0 Å². The number of carbonyl (C=O) groups excluding carboxylic acids is 1. The maximum Gasteiger partial charge on any atom is 0.255 e. The van der Waals surface area contributed by atoms with E-state index in [1.54, 1.807) is 25.3 Å². The van der Waals surface area contributed by atoms with Crippen molar-refractivity contribution in [2.24, 2.45) is 0 Å². The molecule has 0 heterocycles. The van der Waals surface area contributed by atoms with Crippen LogP contribution in [-0.4, -0.2) is 13.0 Å². The zero-order valence-corrected chi connectivity index (χ0v) is 15.7. The molecule has 5 heteroatoms. The number of nitrogens with one attached hydrogen (secondary N) is 1. The van der Waals surface area contributed by atoms with Crippen LogP contribution in [0.5, 0.6) is 11.5 Å². The molecule has 0 aliphatic rings. The van der Waals surface area contributed by atoms with Gasteiger partial charge in [-0.05, 0) is 41.5 Å². The lowest BCUT2D eigenvalue weighted by Gasteiger charge is -2.13. The number of amides is 1. The van der Waals surface area contributed by atoms with E-state index in [2.05, 4.69) is 5.32 Å². The van der Waals surface area contributed by atoms with Crippen LogP contribution >= 0.6 is 11.6 Å². The number of halogens is 1. The molecule has 0 aromatic heterocycles. The SMILES string of the molecule is COc1ccc(CNC(=O)c2cc(Cl)ccc2OCc2ccccc2)cc1. The van der Waals surface area contributed by atoms with Crippen LogP contribution in [0.2, 0.25) is 5.02 Å². The van der Waals surface area contributed by atoms with Gasteiger partial charge >= 0.3 is 0 Å². The third-order valence-corrected chi connectivity index (χ3v) is 4.27. The van der Waals surface area contributed by atoms with E-state index in [-0.39, 0.29) is 5.91 Å². The molecule has 1 amide bonds. The summed E-state index contributed by atoms with van der Waals surface area (Å²) in [5.74, 6) is 1.03. The van der Waals surface area contributed by atoms with Crippen LogP contribution in [0.3, 0.4) is 0 Å². The highest BCUT2D eigenvalue weighted by Gasteiger charge is 2.13. The monoisotopic (exact) mass is 381 g/mol. The maximum absolute atomic E-state index is 12.7. The van der Waals surface area contributed by atoms with Crippen molar-refractivity contribution < 1.29 is 14.3 Å². The lowest BCUT2D eigenvalue weighted by atomic mass is 10.1. The van der Waals surface area contributed by atoms with Crippen LogP contribution < -0.4 is 14.8 Å². The fraction of sp³-hybridized carbons (Fsp3) is 0.136. The van der Waals surface area contributed by atoms with Crippen molar-refractivity contribution in [2.45, 2.75) is 13.2 Å². The molecule has 27 heavy (non-hydrogen) atoms. The van der Waals surface area contributed by atoms with Crippen molar-refractivity contribution >= 4 is 17.5 Å². The van der Waals surface area contributed by atoms with Gasteiger partial charge in [0.05, 0.1) is 12.7 Å². The van der Waals surface area contributed by atoms with E-state index in [4.69, 9.17) is 21.1 Å². The van der Waals surface area contributed by atoms with Crippen LogP contribution in [0.4, 0.5) is 0 Å². The number of benzene rings is 3. The van der Waals surface area contributed by atoms with Crippen LogP contribution in [0.15, 0.2) is 72.8 Å². The van der Waals surface area contributed by atoms with Gasteiger partial charge in [-0.1, -0.05) is 54.1 Å². The highest BCUT2D eigenvalue weighted by molar-refractivity contribution is 6.31. The van der Waals surface area contributed by atoms with Gasteiger partial charge in [-0.25, -0.2) is 0 Å². The van der Waals surface area contributed by atoms with E-state index in [0.29, 0.717) is 29.5 Å². The maximum atomic E-state index is 12.7. The smallest absolute Gasteiger partial charge is 0.255 e. The molecule has 3 aromatic carbocycles. The molecule has 0 unspecified atom stereocenters. The minimum Gasteiger partial charge on any atom is -0.497 e. The van der Waals surface area contributed by atoms with Crippen LogP contribution in [0.1, 0.15) is 21.5 Å². The summed E-state index contributed by atoms with van der Waals surface area (Å²) in [6.07, 6.45) is 0. The van der Waals surface area contributed by atoms with Crippen molar-refractivity contribution in [3.63, 3.8) is 0 Å². The first-order valence-corrected chi connectivity index (χ1v) is 8.91. The summed E-state index contributed by atoms with van der Waals surface area (Å²) in [6.45, 7) is 0.773. The minimum atomic E-state index is -0.239. The number of methoxy groups -OCH3 is 1. The Hall–Kier alpha value is -2.98. The van der Waals surface area contributed by atoms with Gasteiger partial charge in [0.25, 0.3) is 5.91 Å². The standard InChI is InChI=1S/C22H20ClNO3/c1-26-19-10-7-16(8-11-19)14-24-22(25)20-13-18(23)9-12-21(20)27-15-17-5-3-2-4-6-17/h2-13H,14-15H2,1H3,(H,24,25). The second-order valence-corrected chi connectivity index (χ2v) is 6.38. The lowest BCUT2D eigenvalue weighted by molar-refractivity contribution is 0.0946. The van der Waals surface area contributed by atoms with Gasteiger partial charge in [0, 0.05) is 11.6 Å². The van der Waals surface area contributed by atoms with E-state index < -0.39 is 0 Å². The average molecular weight is 382 g/mol. The number of ether oxygens (including phenoxy) is 2. The van der Waals surface area contributed by atoms with Crippen LogP contribution in [0.25, 0.3) is 0 Å². The Labute approximate surface area is 163 Å². The highest BCUT2D eigenvalue weighted by atomic mass is 35.5. The molecule has 0 bridgehead atoms. The normalized spacial score (nSPS) is 10.3. The second kappa shape index (κ2) is 9.10. The molecule has 3 rings (SSSR count). The van der Waals surface area contributed by atoms with Crippen molar-refractivity contribution in [3.8, 4) is 11.5 Å². The van der Waals surface area contributed by atoms with Gasteiger partial charge in [0.1, 0.15) is 18.1 Å². The largest absolute Gasteiger partial charge is 0.497 e. The van der Waals surface area contributed by atoms with E-state index >= 15 is 0 Å². The molecule has 0 radical (unpaired) electrons. The van der Waals surface area contributed by atoms with Crippen LogP contribution in [-0.2, 0) is 13.2 Å². The van der Waals surface area contributed by atoms with Crippen molar-refractivity contribution in [3.05, 3.63) is 94.5 Å². The Morgan fingerprint density at radius 3 is 2.41 bits per heavy atom. The van der Waals surface area contributed by atoms with Crippen LogP contribution in [0, 0.1) is 0 Å². The minimum absolute atomic E-state index is 0.239. The first-order valence-electron chi connectivity index (χ1n) is 8.53. The molecule has 3 aromatic rings. The Morgan fingerprint density at radius 2 is 1.70 bits per heavy atom. The molecular weight excluding hydrogens is 362 g/mol. The number of carbonyl (C=O) groups is 1. The fourth-order valence-electron chi connectivity index (χ4n) is 2.56. The predicted octanol–water partition coefficient (Wildman–Crippen LogP) is 4.86. The molecule has 0 aliphatic carbocycles. The topological polar surface area (TPSA) is 47.6 Å². The summed E-state index contributed by atoms with van der Waals surface area (Å²) in [5, 5.41) is 3.38. The molecule has 1 N–H and O–H groups in total. The summed E-state index contributed by atoms with van der Waals surface area (Å²) < 4.78 is 11.0. The fourth-order valence-corrected chi connectivity index (χ4v) is 2.73. The molecule has 0 spiro atoms. The Balaban J connectivity index is 1.68. The Morgan fingerprint density at radius 1 is 0.963 bits per heavy atom. The zero-order valence-electron chi connectivity index (χ0n) is 14.9. The third-order valence-electron chi connectivity index (χ3n) is 4.04. The van der Waals surface area contributed by atoms with E-state index in [1.807, 2.05) is 54.6 Å². The van der Waals surface area contributed by atoms with Gasteiger partial charge in [0.15, 0.2) is 0 Å². The molecule has 0 saturated carbocycles.